The molecular formula is C27H28N4O3. The quantitative estimate of drug-likeness (QED) is 0.389. The normalized spacial score (nSPS) is 11.0. The third-order valence-electron chi connectivity index (χ3n) is 5.63. The van der Waals surface area contributed by atoms with Crippen molar-refractivity contribution in [1.29, 1.82) is 0 Å². The number of ether oxygens (including phenoxy) is 1. The van der Waals surface area contributed by atoms with Gasteiger partial charge in [-0.2, -0.15) is 9.78 Å². The summed E-state index contributed by atoms with van der Waals surface area (Å²) in [4.78, 5) is 28.5. The van der Waals surface area contributed by atoms with E-state index in [2.05, 4.69) is 34.5 Å². The maximum atomic E-state index is 13.2. The van der Waals surface area contributed by atoms with Crippen LogP contribution in [-0.4, -0.2) is 47.8 Å². The SMILES string of the molecule is COc1ccccc1-n1nc(C(=O)NCCCN(C)Cc2ccccc2)c2ccccc2c1=O. The van der Waals surface area contributed by atoms with E-state index in [-0.39, 0.29) is 17.2 Å². The average molecular weight is 457 g/mol. The number of amides is 1. The maximum Gasteiger partial charge on any atom is 0.279 e. The molecule has 0 aliphatic heterocycles. The van der Waals surface area contributed by atoms with Gasteiger partial charge >= 0.3 is 0 Å². The summed E-state index contributed by atoms with van der Waals surface area (Å²) < 4.78 is 6.65. The molecule has 0 spiro atoms. The molecule has 174 valence electrons. The fraction of sp³-hybridized carbons (Fsp3) is 0.222. The van der Waals surface area contributed by atoms with Crippen LogP contribution in [0.5, 0.6) is 5.75 Å². The van der Waals surface area contributed by atoms with Crippen LogP contribution in [0.2, 0.25) is 0 Å². The standard InChI is InChI=1S/C27H28N4O3/c1-30(19-20-11-4-3-5-12-20)18-10-17-28-26(32)25-21-13-6-7-14-22(21)27(33)31(29-25)23-15-8-9-16-24(23)34-2/h3-9,11-16H,10,17-19H2,1-2H3,(H,28,32). The van der Waals surface area contributed by atoms with E-state index < -0.39 is 0 Å². The lowest BCUT2D eigenvalue weighted by molar-refractivity contribution is 0.0947. The Morgan fingerprint density at radius 2 is 1.65 bits per heavy atom. The van der Waals surface area contributed by atoms with Crippen LogP contribution < -0.4 is 15.6 Å². The van der Waals surface area contributed by atoms with Gasteiger partial charge in [0.05, 0.1) is 12.5 Å². The summed E-state index contributed by atoms with van der Waals surface area (Å²) in [5, 5.41) is 8.37. The molecule has 0 saturated carbocycles. The van der Waals surface area contributed by atoms with Gasteiger partial charge in [-0.3, -0.25) is 9.59 Å². The molecule has 1 amide bonds. The summed E-state index contributed by atoms with van der Waals surface area (Å²) in [5.74, 6) is 0.186. The first kappa shape index (κ1) is 23.2. The van der Waals surface area contributed by atoms with E-state index in [1.54, 1.807) is 42.5 Å². The number of nitrogens with one attached hydrogen (secondary N) is 1. The van der Waals surface area contributed by atoms with Gasteiger partial charge in [-0.25, -0.2) is 0 Å². The smallest absolute Gasteiger partial charge is 0.279 e. The fourth-order valence-corrected chi connectivity index (χ4v) is 3.93. The Bertz CT molecular complexity index is 1330. The maximum absolute atomic E-state index is 13.2. The zero-order valence-electron chi connectivity index (χ0n) is 19.4. The lowest BCUT2D eigenvalue weighted by atomic mass is 10.1. The van der Waals surface area contributed by atoms with E-state index >= 15 is 0 Å². The Morgan fingerprint density at radius 1 is 0.971 bits per heavy atom. The molecule has 34 heavy (non-hydrogen) atoms. The van der Waals surface area contributed by atoms with Crippen molar-refractivity contribution in [2.45, 2.75) is 13.0 Å². The molecule has 3 aromatic carbocycles. The average Bonchev–Trinajstić information content (AvgIpc) is 2.87. The highest BCUT2D eigenvalue weighted by Gasteiger charge is 2.18. The number of methoxy groups -OCH3 is 1. The summed E-state index contributed by atoms with van der Waals surface area (Å²) >= 11 is 0. The minimum absolute atomic E-state index is 0.207. The van der Waals surface area contributed by atoms with E-state index in [0.29, 0.717) is 28.8 Å². The summed E-state index contributed by atoms with van der Waals surface area (Å²) in [5.41, 5.74) is 1.64. The summed E-state index contributed by atoms with van der Waals surface area (Å²) in [7, 11) is 3.60. The minimum atomic E-state index is -0.314. The van der Waals surface area contributed by atoms with Gasteiger partial charge in [0.15, 0.2) is 5.69 Å². The number of hydrogen-bond donors (Lipinski definition) is 1. The van der Waals surface area contributed by atoms with Crippen LogP contribution in [0.25, 0.3) is 16.5 Å². The van der Waals surface area contributed by atoms with Crippen molar-refractivity contribution < 1.29 is 9.53 Å². The number of hydrogen-bond acceptors (Lipinski definition) is 5. The molecule has 7 heteroatoms. The first-order valence-electron chi connectivity index (χ1n) is 11.2. The van der Waals surface area contributed by atoms with Crippen molar-refractivity contribution in [2.75, 3.05) is 27.2 Å². The van der Waals surface area contributed by atoms with E-state index in [9.17, 15) is 9.59 Å². The number of nitrogens with zero attached hydrogens (tertiary/aromatic N) is 3. The van der Waals surface area contributed by atoms with Gasteiger partial charge in [-0.15, -0.1) is 0 Å². The molecule has 7 nitrogen and oxygen atoms in total. The zero-order chi connectivity index (χ0) is 23.9. The van der Waals surface area contributed by atoms with Gasteiger partial charge in [-0.05, 0) is 43.8 Å². The molecule has 0 radical (unpaired) electrons. The van der Waals surface area contributed by atoms with E-state index in [4.69, 9.17) is 4.74 Å². The molecule has 0 atom stereocenters. The predicted molar refractivity (Wildman–Crippen MR) is 134 cm³/mol. The topological polar surface area (TPSA) is 76.5 Å². The molecule has 0 aliphatic rings. The molecule has 0 unspecified atom stereocenters. The van der Waals surface area contributed by atoms with Gasteiger partial charge in [0, 0.05) is 18.5 Å². The second kappa shape index (κ2) is 10.8. The van der Waals surface area contributed by atoms with Crippen LogP contribution >= 0.6 is 0 Å². The van der Waals surface area contributed by atoms with Crippen LogP contribution in [0, 0.1) is 0 Å². The van der Waals surface area contributed by atoms with Crippen molar-refractivity contribution in [2.24, 2.45) is 0 Å². The van der Waals surface area contributed by atoms with Crippen LogP contribution in [0.1, 0.15) is 22.5 Å². The van der Waals surface area contributed by atoms with Gasteiger partial charge < -0.3 is 15.0 Å². The predicted octanol–water partition coefficient (Wildman–Crippen LogP) is 3.65. The van der Waals surface area contributed by atoms with Crippen molar-refractivity contribution >= 4 is 16.7 Å². The highest BCUT2D eigenvalue weighted by atomic mass is 16.5. The van der Waals surface area contributed by atoms with Gasteiger partial charge in [-0.1, -0.05) is 60.7 Å². The van der Waals surface area contributed by atoms with Crippen LogP contribution in [0.3, 0.4) is 0 Å². The van der Waals surface area contributed by atoms with Crippen molar-refractivity contribution in [3.63, 3.8) is 0 Å². The van der Waals surface area contributed by atoms with Crippen LogP contribution in [-0.2, 0) is 6.54 Å². The van der Waals surface area contributed by atoms with Crippen molar-refractivity contribution in [1.82, 2.24) is 20.0 Å². The highest BCUT2D eigenvalue weighted by Crippen LogP contribution is 2.22. The number of rotatable bonds is 9. The molecule has 4 aromatic rings. The molecular weight excluding hydrogens is 428 g/mol. The van der Waals surface area contributed by atoms with E-state index in [0.717, 1.165) is 19.5 Å². The zero-order valence-corrected chi connectivity index (χ0v) is 19.4. The minimum Gasteiger partial charge on any atom is -0.494 e. The second-order valence-electron chi connectivity index (χ2n) is 8.12. The first-order valence-corrected chi connectivity index (χ1v) is 11.2. The molecule has 0 saturated heterocycles. The van der Waals surface area contributed by atoms with E-state index in [1.165, 1.54) is 17.4 Å². The molecule has 1 heterocycles. The number of aromatic nitrogens is 2. The molecule has 0 aliphatic carbocycles. The van der Waals surface area contributed by atoms with Crippen molar-refractivity contribution in [3.8, 4) is 11.4 Å². The number of fused-ring (bicyclic) bond motifs is 1. The third-order valence-corrected chi connectivity index (χ3v) is 5.63. The Balaban J connectivity index is 1.51. The second-order valence-corrected chi connectivity index (χ2v) is 8.12. The molecule has 1 aromatic heterocycles. The Morgan fingerprint density at radius 3 is 2.41 bits per heavy atom. The lowest BCUT2D eigenvalue weighted by Crippen LogP contribution is -2.32. The van der Waals surface area contributed by atoms with Crippen LogP contribution in [0.15, 0.2) is 83.7 Å². The van der Waals surface area contributed by atoms with E-state index in [1.807, 2.05) is 24.3 Å². The van der Waals surface area contributed by atoms with Crippen LogP contribution in [0.4, 0.5) is 0 Å². The molecule has 4 rings (SSSR count). The van der Waals surface area contributed by atoms with Gasteiger partial charge in [0.1, 0.15) is 11.4 Å². The number of para-hydroxylation sites is 2. The number of carbonyl (C=O) groups excluding carboxylic acids is 1. The summed E-state index contributed by atoms with van der Waals surface area (Å²) in [6.07, 6.45) is 0.791. The van der Waals surface area contributed by atoms with Gasteiger partial charge in [0.2, 0.25) is 0 Å². The molecule has 1 N–H and O–H groups in total. The third kappa shape index (κ3) is 5.15. The van der Waals surface area contributed by atoms with Crippen molar-refractivity contribution in [3.05, 3.63) is 100 Å². The first-order chi connectivity index (χ1) is 16.6. The number of benzene rings is 3. The Labute approximate surface area is 198 Å². The summed E-state index contributed by atoms with van der Waals surface area (Å²) in [6, 6.07) is 24.4. The fourth-order valence-electron chi connectivity index (χ4n) is 3.93. The molecule has 0 bridgehead atoms. The molecule has 0 fully saturated rings. The lowest BCUT2D eigenvalue weighted by Gasteiger charge is -2.17. The Kier molecular flexibility index (Phi) is 7.34. The Hall–Kier alpha value is -3.97. The number of carbonyl (C=O) groups is 1. The largest absolute Gasteiger partial charge is 0.494 e. The highest BCUT2D eigenvalue weighted by molar-refractivity contribution is 6.04. The summed E-state index contributed by atoms with van der Waals surface area (Å²) in [6.45, 7) is 2.19. The monoisotopic (exact) mass is 456 g/mol. The van der Waals surface area contributed by atoms with Gasteiger partial charge in [0.25, 0.3) is 11.5 Å².